The van der Waals surface area contributed by atoms with E-state index in [-0.39, 0.29) is 17.1 Å². The molecule has 1 aliphatic heterocycles. The predicted molar refractivity (Wildman–Crippen MR) is 59.7 cm³/mol. The molecule has 0 fully saturated rings. The molecule has 0 bridgehead atoms. The van der Waals surface area contributed by atoms with Crippen LogP contribution in [0.3, 0.4) is 0 Å². The average Bonchev–Trinajstić information content (AvgIpc) is 2.63. The van der Waals surface area contributed by atoms with Gasteiger partial charge in [-0.2, -0.15) is 23.3 Å². The molecule has 0 unspecified atom stereocenters. The van der Waals surface area contributed by atoms with Crippen molar-refractivity contribution in [2.24, 2.45) is 5.10 Å². The second-order valence-electron chi connectivity index (χ2n) is 4.32. The van der Waals surface area contributed by atoms with Crippen molar-refractivity contribution in [2.75, 3.05) is 0 Å². The molecule has 0 aromatic heterocycles. The van der Waals surface area contributed by atoms with E-state index in [2.05, 4.69) is 5.10 Å². The summed E-state index contributed by atoms with van der Waals surface area (Å²) in [6.07, 6.45) is -3.84. The van der Waals surface area contributed by atoms with Crippen LogP contribution in [0, 0.1) is 0 Å². The van der Waals surface area contributed by atoms with Gasteiger partial charge < -0.3 is 5.11 Å². The molecule has 4 nitrogen and oxygen atoms in total. The van der Waals surface area contributed by atoms with E-state index in [9.17, 15) is 23.1 Å². The Morgan fingerprint density at radius 3 is 2.56 bits per heavy atom. The first kappa shape index (κ1) is 14.9. The minimum atomic E-state index is -4.91. The van der Waals surface area contributed by atoms with Gasteiger partial charge in [-0.25, -0.2) is 0 Å². The molecule has 0 spiro atoms. The highest BCUT2D eigenvalue weighted by Crippen LogP contribution is 2.41. The van der Waals surface area contributed by atoms with E-state index >= 15 is 0 Å². The fraction of sp³-hybridized carbons (Fsp3) is 0.818. The third-order valence-electron chi connectivity index (χ3n) is 2.85. The van der Waals surface area contributed by atoms with Crippen molar-refractivity contribution < 1.29 is 23.1 Å². The Labute approximate surface area is 103 Å². The Bertz CT molecular complexity index is 355. The normalized spacial score (nSPS) is 24.3. The predicted octanol–water partition coefficient (Wildman–Crippen LogP) is 2.43. The number of carbonyl (C=O) groups excluding carboxylic acids is 1. The number of hydrazone groups is 1. The van der Waals surface area contributed by atoms with E-state index in [0.717, 1.165) is 6.42 Å². The van der Waals surface area contributed by atoms with Crippen LogP contribution >= 0.6 is 0 Å². The maximum absolute atomic E-state index is 12.9. The standard InChI is InChI=1S/C11H17F3N2O2/c1-3-5-6-8-7-10(18,11(12,13)14)16(15-8)9(17)4-2/h18H,3-7H2,1-2H3/t10-/m1/s1. The van der Waals surface area contributed by atoms with E-state index in [1.165, 1.54) is 6.92 Å². The first-order chi connectivity index (χ1) is 8.26. The van der Waals surface area contributed by atoms with Crippen molar-refractivity contribution in [3.05, 3.63) is 0 Å². The van der Waals surface area contributed by atoms with Gasteiger partial charge in [0, 0.05) is 18.6 Å². The summed E-state index contributed by atoms with van der Waals surface area (Å²) in [6.45, 7) is 3.33. The molecule has 0 radical (unpaired) electrons. The molecular formula is C11H17F3N2O2. The van der Waals surface area contributed by atoms with Crippen LogP contribution in [-0.4, -0.2) is 33.6 Å². The molecule has 1 heterocycles. The summed E-state index contributed by atoms with van der Waals surface area (Å²) in [5.41, 5.74) is -2.96. The quantitative estimate of drug-likeness (QED) is 0.849. The van der Waals surface area contributed by atoms with Gasteiger partial charge in [0.1, 0.15) is 0 Å². The maximum Gasteiger partial charge on any atom is 0.438 e. The number of hydrogen-bond donors (Lipinski definition) is 1. The maximum atomic E-state index is 12.9. The number of alkyl halides is 3. The molecule has 1 rings (SSSR count). The zero-order valence-corrected chi connectivity index (χ0v) is 10.4. The van der Waals surface area contributed by atoms with Crippen LogP contribution < -0.4 is 0 Å². The van der Waals surface area contributed by atoms with Gasteiger partial charge in [-0.1, -0.05) is 20.3 Å². The van der Waals surface area contributed by atoms with E-state index in [4.69, 9.17) is 0 Å². The van der Waals surface area contributed by atoms with E-state index < -0.39 is 24.2 Å². The summed E-state index contributed by atoms with van der Waals surface area (Å²) in [6, 6.07) is 0. The molecule has 7 heteroatoms. The van der Waals surface area contributed by atoms with Crippen molar-refractivity contribution >= 4 is 11.6 Å². The topological polar surface area (TPSA) is 52.9 Å². The number of unbranched alkanes of at least 4 members (excludes halogenated alkanes) is 1. The van der Waals surface area contributed by atoms with E-state index in [1.54, 1.807) is 0 Å². The summed E-state index contributed by atoms with van der Waals surface area (Å²) in [5, 5.41) is 13.6. The number of carbonyl (C=O) groups is 1. The number of aliphatic hydroxyl groups is 1. The molecule has 18 heavy (non-hydrogen) atoms. The van der Waals surface area contributed by atoms with Gasteiger partial charge in [0.25, 0.3) is 5.72 Å². The number of rotatable bonds is 4. The van der Waals surface area contributed by atoms with Crippen LogP contribution in [0.5, 0.6) is 0 Å². The molecule has 0 aromatic rings. The van der Waals surface area contributed by atoms with Crippen molar-refractivity contribution in [1.82, 2.24) is 5.01 Å². The molecule has 0 saturated heterocycles. The lowest BCUT2D eigenvalue weighted by Crippen LogP contribution is -2.56. The Hall–Kier alpha value is -1.11. The lowest BCUT2D eigenvalue weighted by Gasteiger charge is -2.32. The summed E-state index contributed by atoms with van der Waals surface area (Å²) in [5.74, 6) is -0.832. The fourth-order valence-corrected chi connectivity index (χ4v) is 1.77. The Morgan fingerprint density at radius 2 is 2.11 bits per heavy atom. The van der Waals surface area contributed by atoms with Crippen molar-refractivity contribution in [3.63, 3.8) is 0 Å². The zero-order valence-electron chi connectivity index (χ0n) is 10.4. The molecule has 1 aliphatic rings. The van der Waals surface area contributed by atoms with Crippen molar-refractivity contribution in [1.29, 1.82) is 0 Å². The number of halogens is 3. The lowest BCUT2D eigenvalue weighted by atomic mass is 10.0. The van der Waals surface area contributed by atoms with Crippen LogP contribution in [0.4, 0.5) is 13.2 Å². The largest absolute Gasteiger partial charge is 0.438 e. The highest BCUT2D eigenvalue weighted by Gasteiger charge is 2.62. The lowest BCUT2D eigenvalue weighted by molar-refractivity contribution is -0.302. The van der Waals surface area contributed by atoms with Crippen LogP contribution in [-0.2, 0) is 4.79 Å². The first-order valence-electron chi connectivity index (χ1n) is 5.94. The summed E-state index contributed by atoms with van der Waals surface area (Å²) in [4.78, 5) is 11.5. The summed E-state index contributed by atoms with van der Waals surface area (Å²) in [7, 11) is 0. The second kappa shape index (κ2) is 5.26. The molecule has 0 aliphatic carbocycles. The van der Waals surface area contributed by atoms with Gasteiger partial charge >= 0.3 is 6.18 Å². The number of hydrogen-bond acceptors (Lipinski definition) is 3. The molecule has 0 saturated carbocycles. The van der Waals surface area contributed by atoms with Gasteiger partial charge in [-0.3, -0.25) is 4.79 Å². The Balaban J connectivity index is 2.97. The minimum Gasteiger partial charge on any atom is -0.362 e. The van der Waals surface area contributed by atoms with Gasteiger partial charge in [0.2, 0.25) is 5.91 Å². The molecule has 0 aromatic carbocycles. The first-order valence-corrected chi connectivity index (χ1v) is 5.94. The highest BCUT2D eigenvalue weighted by molar-refractivity contribution is 5.90. The highest BCUT2D eigenvalue weighted by atomic mass is 19.4. The zero-order chi connectivity index (χ0) is 14.0. The Morgan fingerprint density at radius 1 is 1.50 bits per heavy atom. The fourth-order valence-electron chi connectivity index (χ4n) is 1.77. The van der Waals surface area contributed by atoms with Gasteiger partial charge in [-0.05, 0) is 12.8 Å². The molecule has 1 N–H and O–H groups in total. The summed E-state index contributed by atoms with van der Waals surface area (Å²) >= 11 is 0. The third-order valence-corrected chi connectivity index (χ3v) is 2.85. The molecule has 104 valence electrons. The van der Waals surface area contributed by atoms with E-state index in [0.29, 0.717) is 12.8 Å². The second-order valence-corrected chi connectivity index (χ2v) is 4.32. The average molecular weight is 266 g/mol. The van der Waals surface area contributed by atoms with Crippen LogP contribution in [0.25, 0.3) is 0 Å². The molecular weight excluding hydrogens is 249 g/mol. The molecule has 1 amide bonds. The number of nitrogens with zero attached hydrogens (tertiary/aromatic N) is 2. The van der Waals surface area contributed by atoms with Crippen LogP contribution in [0.2, 0.25) is 0 Å². The minimum absolute atomic E-state index is 0.136. The van der Waals surface area contributed by atoms with Crippen molar-refractivity contribution in [3.8, 4) is 0 Å². The van der Waals surface area contributed by atoms with Gasteiger partial charge in [0.15, 0.2) is 0 Å². The summed E-state index contributed by atoms with van der Waals surface area (Å²) < 4.78 is 38.6. The van der Waals surface area contributed by atoms with Crippen molar-refractivity contribution in [2.45, 2.75) is 57.9 Å². The monoisotopic (exact) mass is 266 g/mol. The smallest absolute Gasteiger partial charge is 0.362 e. The Kier molecular flexibility index (Phi) is 4.37. The SMILES string of the molecule is CCCCC1=NN(C(=O)CC)[C@](O)(C(F)(F)F)C1. The van der Waals surface area contributed by atoms with Gasteiger partial charge in [-0.15, -0.1) is 0 Å². The van der Waals surface area contributed by atoms with Gasteiger partial charge in [0.05, 0.1) is 0 Å². The number of amides is 1. The van der Waals surface area contributed by atoms with Crippen LogP contribution in [0.1, 0.15) is 46.0 Å². The molecule has 1 atom stereocenters. The third kappa shape index (κ3) is 2.66. The van der Waals surface area contributed by atoms with E-state index in [1.807, 2.05) is 6.92 Å². The van der Waals surface area contributed by atoms with Crippen LogP contribution in [0.15, 0.2) is 5.10 Å².